The molecule has 96 valence electrons. The minimum atomic E-state index is -0.763. The van der Waals surface area contributed by atoms with Crippen molar-refractivity contribution in [2.75, 3.05) is 6.67 Å². The van der Waals surface area contributed by atoms with Crippen LogP contribution in [-0.4, -0.2) is 16.7 Å². The molecule has 0 aliphatic heterocycles. The molecule has 17 heavy (non-hydrogen) atoms. The molecule has 1 aromatic carbocycles. The van der Waals surface area contributed by atoms with Gasteiger partial charge in [-0.05, 0) is 22.4 Å². The quantitative estimate of drug-likeness (QED) is 0.656. The monoisotopic (exact) mass is 328 g/mol. The van der Waals surface area contributed by atoms with Crippen LogP contribution in [0.4, 0.5) is 10.1 Å². The Kier molecular flexibility index (Phi) is 6.36. The maximum atomic E-state index is 12.1. The van der Waals surface area contributed by atoms with Crippen LogP contribution in [0.25, 0.3) is 0 Å². The molecule has 0 spiro atoms. The third-order valence-corrected chi connectivity index (χ3v) is 2.71. The van der Waals surface area contributed by atoms with E-state index in [4.69, 9.17) is 5.73 Å². The molecule has 0 aliphatic rings. The van der Waals surface area contributed by atoms with Gasteiger partial charge in [0.15, 0.2) is 0 Å². The van der Waals surface area contributed by atoms with Crippen molar-refractivity contribution in [2.24, 2.45) is 5.73 Å². The molecule has 0 aliphatic carbocycles. The Balaban J connectivity index is 0.00000256. The van der Waals surface area contributed by atoms with Crippen molar-refractivity contribution in [3.63, 3.8) is 0 Å². The zero-order valence-electron chi connectivity index (χ0n) is 8.60. The molecule has 0 amide bonds. The summed E-state index contributed by atoms with van der Waals surface area (Å²) in [6, 6.07) is 1.56. The number of halogens is 3. The highest BCUT2D eigenvalue weighted by molar-refractivity contribution is 9.10. The van der Waals surface area contributed by atoms with Crippen LogP contribution in [0.5, 0.6) is 5.75 Å². The number of nitrogens with zero attached hydrogens (tertiary/aromatic N) is 1. The first-order chi connectivity index (χ1) is 7.47. The molecule has 0 fully saturated rings. The van der Waals surface area contributed by atoms with Gasteiger partial charge in [-0.15, -0.1) is 12.4 Å². The summed E-state index contributed by atoms with van der Waals surface area (Å²) in [5, 5.41) is 20.2. The summed E-state index contributed by atoms with van der Waals surface area (Å²) in [6.45, 7) is -0.652. The van der Waals surface area contributed by atoms with E-state index in [1.807, 2.05) is 0 Å². The Hall–Kier alpha value is -0.920. The minimum absolute atomic E-state index is 0. The number of phenols is 1. The number of benzene rings is 1. The van der Waals surface area contributed by atoms with Gasteiger partial charge >= 0.3 is 0 Å². The Labute approximate surface area is 111 Å². The average Bonchev–Trinajstić information content (AvgIpc) is 2.21. The summed E-state index contributed by atoms with van der Waals surface area (Å²) in [5.74, 6) is -0.188. The number of hydrogen-bond acceptors (Lipinski definition) is 4. The number of phenolic OH excluding ortho intramolecular Hbond substituents is 1. The highest BCUT2D eigenvalue weighted by Gasteiger charge is 2.19. The molecule has 0 unspecified atom stereocenters. The molecule has 1 atom stereocenters. The van der Waals surface area contributed by atoms with E-state index in [9.17, 15) is 19.6 Å². The average molecular weight is 330 g/mol. The molecule has 0 aromatic heterocycles. The van der Waals surface area contributed by atoms with Crippen LogP contribution in [0.2, 0.25) is 0 Å². The van der Waals surface area contributed by atoms with E-state index in [2.05, 4.69) is 15.9 Å². The number of nitro benzene ring substituents is 1. The summed E-state index contributed by atoms with van der Waals surface area (Å²) in [7, 11) is 0. The van der Waals surface area contributed by atoms with E-state index in [1.165, 1.54) is 6.07 Å². The van der Waals surface area contributed by atoms with Crippen molar-refractivity contribution in [3.05, 3.63) is 32.3 Å². The van der Waals surface area contributed by atoms with Gasteiger partial charge in [-0.25, -0.2) is 0 Å². The first-order valence-electron chi connectivity index (χ1n) is 4.45. The minimum Gasteiger partial charge on any atom is -0.506 e. The number of non-ortho nitro benzene ring substituents is 1. The molecular formula is C9H11BrClFN2O3. The van der Waals surface area contributed by atoms with Crippen molar-refractivity contribution in [2.45, 2.75) is 12.5 Å². The van der Waals surface area contributed by atoms with E-state index >= 15 is 0 Å². The first-order valence-corrected chi connectivity index (χ1v) is 5.25. The highest BCUT2D eigenvalue weighted by atomic mass is 79.9. The molecule has 1 aromatic rings. The number of alkyl halides is 1. The van der Waals surface area contributed by atoms with E-state index in [1.54, 1.807) is 0 Å². The maximum absolute atomic E-state index is 12.1. The molecule has 0 saturated heterocycles. The van der Waals surface area contributed by atoms with Gasteiger partial charge in [-0.1, -0.05) is 0 Å². The zero-order valence-corrected chi connectivity index (χ0v) is 11.0. The normalized spacial score (nSPS) is 11.7. The van der Waals surface area contributed by atoms with Gasteiger partial charge in [0.1, 0.15) is 5.75 Å². The number of hydrogen-bond donors (Lipinski definition) is 2. The number of rotatable bonds is 4. The molecule has 0 saturated carbocycles. The fourth-order valence-electron chi connectivity index (χ4n) is 1.27. The summed E-state index contributed by atoms with van der Waals surface area (Å²) in [4.78, 5) is 9.98. The van der Waals surface area contributed by atoms with E-state index in [0.29, 0.717) is 0 Å². The summed E-state index contributed by atoms with van der Waals surface area (Å²) >= 11 is 2.98. The Morgan fingerprint density at radius 1 is 1.59 bits per heavy atom. The summed E-state index contributed by atoms with van der Waals surface area (Å²) in [6.07, 6.45) is 0.00116. The van der Waals surface area contributed by atoms with E-state index in [0.717, 1.165) is 6.07 Å². The van der Waals surface area contributed by atoms with Crippen LogP contribution < -0.4 is 5.73 Å². The van der Waals surface area contributed by atoms with Gasteiger partial charge in [0.2, 0.25) is 0 Å². The van der Waals surface area contributed by atoms with Crippen LogP contribution >= 0.6 is 28.3 Å². The Morgan fingerprint density at radius 3 is 2.65 bits per heavy atom. The third-order valence-electron chi connectivity index (χ3n) is 2.11. The van der Waals surface area contributed by atoms with Gasteiger partial charge in [0, 0.05) is 23.7 Å². The second-order valence-corrected chi connectivity index (χ2v) is 4.06. The largest absolute Gasteiger partial charge is 0.506 e. The van der Waals surface area contributed by atoms with Crippen LogP contribution in [0.15, 0.2) is 16.6 Å². The lowest BCUT2D eigenvalue weighted by Crippen LogP contribution is -2.11. The van der Waals surface area contributed by atoms with Crippen molar-refractivity contribution >= 4 is 34.0 Å². The predicted octanol–water partition coefficient (Wildman–Crippen LogP) is 2.84. The second kappa shape index (κ2) is 6.73. The van der Waals surface area contributed by atoms with Gasteiger partial charge in [-0.2, -0.15) is 0 Å². The lowest BCUT2D eigenvalue weighted by molar-refractivity contribution is -0.385. The molecule has 5 nitrogen and oxygen atoms in total. The summed E-state index contributed by atoms with van der Waals surface area (Å²) < 4.78 is 12.3. The van der Waals surface area contributed by atoms with Gasteiger partial charge in [-0.3, -0.25) is 14.5 Å². The molecular weight excluding hydrogens is 318 g/mol. The molecule has 1 rings (SSSR count). The smallest absolute Gasteiger partial charge is 0.271 e. The maximum Gasteiger partial charge on any atom is 0.271 e. The fourth-order valence-corrected chi connectivity index (χ4v) is 1.73. The Bertz CT molecular complexity index is 419. The van der Waals surface area contributed by atoms with Crippen LogP contribution in [0, 0.1) is 10.1 Å². The highest BCUT2D eigenvalue weighted by Crippen LogP contribution is 2.36. The van der Waals surface area contributed by atoms with Gasteiger partial charge < -0.3 is 10.8 Å². The van der Waals surface area contributed by atoms with Crippen molar-refractivity contribution in [3.8, 4) is 5.75 Å². The lowest BCUT2D eigenvalue weighted by Gasteiger charge is -2.12. The van der Waals surface area contributed by atoms with Crippen LogP contribution in [0.3, 0.4) is 0 Å². The summed E-state index contributed by atoms with van der Waals surface area (Å²) in [5.41, 5.74) is 5.57. The Morgan fingerprint density at radius 2 is 2.18 bits per heavy atom. The number of nitrogens with two attached hydrogens (primary N) is 1. The molecule has 0 heterocycles. The predicted molar refractivity (Wildman–Crippen MR) is 67.2 cm³/mol. The van der Waals surface area contributed by atoms with Gasteiger partial charge in [0.25, 0.3) is 5.69 Å². The van der Waals surface area contributed by atoms with E-state index in [-0.39, 0.29) is 40.3 Å². The lowest BCUT2D eigenvalue weighted by atomic mass is 10.0. The molecule has 0 radical (unpaired) electrons. The molecule has 0 bridgehead atoms. The van der Waals surface area contributed by atoms with Gasteiger partial charge in [0.05, 0.1) is 16.1 Å². The van der Waals surface area contributed by atoms with E-state index < -0.39 is 17.6 Å². The molecule has 8 heteroatoms. The van der Waals surface area contributed by atoms with Crippen LogP contribution in [0.1, 0.15) is 18.0 Å². The second-order valence-electron chi connectivity index (χ2n) is 3.21. The van der Waals surface area contributed by atoms with Crippen molar-refractivity contribution in [1.29, 1.82) is 0 Å². The molecule has 3 N–H and O–H groups in total. The number of aromatic hydroxyl groups is 1. The van der Waals surface area contributed by atoms with Crippen molar-refractivity contribution < 1.29 is 14.4 Å². The standard InChI is InChI=1S/C9H10BrFN2O3.ClH/c10-7-4-5(13(15)16)3-6(9(7)14)8(12)1-2-11;/h3-4,8,14H,1-2,12H2;1H/t8-;/m1./s1. The number of nitro groups is 1. The van der Waals surface area contributed by atoms with Crippen molar-refractivity contribution in [1.82, 2.24) is 0 Å². The SMILES string of the molecule is Cl.N[C@H](CCF)c1cc([N+](=O)[O-])cc(Br)c1O. The topological polar surface area (TPSA) is 89.4 Å². The van der Waals surface area contributed by atoms with Crippen LogP contribution in [-0.2, 0) is 0 Å². The first kappa shape index (κ1) is 16.1. The zero-order chi connectivity index (χ0) is 12.3. The third kappa shape index (κ3) is 3.79. The fraction of sp³-hybridized carbons (Fsp3) is 0.333.